The van der Waals surface area contributed by atoms with Gasteiger partial charge in [0.25, 0.3) is 0 Å². The van der Waals surface area contributed by atoms with Crippen molar-refractivity contribution in [2.45, 2.75) is 40.2 Å². The van der Waals surface area contributed by atoms with Gasteiger partial charge >= 0.3 is 5.97 Å². The molecule has 0 radical (unpaired) electrons. The molecule has 78 valence electrons. The fraction of sp³-hybridized carbons (Fsp3) is 0.900. The molecular weight excluding hydrogens is 166 g/mol. The van der Waals surface area contributed by atoms with Crippen LogP contribution >= 0.6 is 0 Å². The Labute approximate surface area is 80.5 Å². The number of rotatable bonds is 6. The molecule has 0 bridgehead atoms. The maximum absolute atomic E-state index is 10.8. The first-order valence-electron chi connectivity index (χ1n) is 4.95. The highest BCUT2D eigenvalue weighted by molar-refractivity contribution is 5.73. The zero-order valence-electron chi connectivity index (χ0n) is 9.00. The molecule has 0 saturated carbocycles. The Kier molecular flexibility index (Phi) is 5.71. The van der Waals surface area contributed by atoms with E-state index in [2.05, 4.69) is 19.2 Å². The van der Waals surface area contributed by atoms with Crippen LogP contribution in [-0.2, 0) is 4.79 Å². The molecule has 0 rings (SSSR count). The van der Waals surface area contributed by atoms with Crippen molar-refractivity contribution in [1.29, 1.82) is 0 Å². The lowest BCUT2D eigenvalue weighted by atomic mass is 9.99. The molecule has 0 aliphatic carbocycles. The molecule has 0 aromatic heterocycles. The molecule has 0 aliphatic rings. The number of nitrogens with one attached hydrogen (secondary N) is 1. The molecule has 2 unspecified atom stereocenters. The topological polar surface area (TPSA) is 49.3 Å². The molecule has 0 aromatic rings. The number of carbonyl (C=O) groups is 1. The lowest BCUT2D eigenvalue weighted by Crippen LogP contribution is -2.43. The molecule has 0 aliphatic heterocycles. The molecule has 0 spiro atoms. The molecule has 0 saturated heterocycles. The van der Waals surface area contributed by atoms with Gasteiger partial charge in [-0.15, -0.1) is 0 Å². The summed E-state index contributed by atoms with van der Waals surface area (Å²) in [5.41, 5.74) is 0. The Morgan fingerprint density at radius 1 is 1.38 bits per heavy atom. The van der Waals surface area contributed by atoms with E-state index in [1.54, 1.807) is 0 Å². The quantitative estimate of drug-likeness (QED) is 0.665. The van der Waals surface area contributed by atoms with E-state index < -0.39 is 12.0 Å². The summed E-state index contributed by atoms with van der Waals surface area (Å²) < 4.78 is 0. The summed E-state index contributed by atoms with van der Waals surface area (Å²) in [6, 6.07) is -0.396. The molecule has 13 heavy (non-hydrogen) atoms. The van der Waals surface area contributed by atoms with Gasteiger partial charge in [0, 0.05) is 0 Å². The van der Waals surface area contributed by atoms with Crippen LogP contribution in [0.1, 0.15) is 34.1 Å². The number of carboxylic acids is 1. The summed E-state index contributed by atoms with van der Waals surface area (Å²) in [7, 11) is 0. The highest BCUT2D eigenvalue weighted by Crippen LogP contribution is 2.08. The summed E-state index contributed by atoms with van der Waals surface area (Å²) in [4.78, 5) is 10.8. The van der Waals surface area contributed by atoms with E-state index in [0.29, 0.717) is 5.92 Å². The van der Waals surface area contributed by atoms with E-state index in [-0.39, 0.29) is 5.92 Å². The second-order valence-corrected chi connectivity index (χ2v) is 4.00. The van der Waals surface area contributed by atoms with Crippen LogP contribution < -0.4 is 5.32 Å². The third-order valence-electron chi connectivity index (χ3n) is 2.23. The van der Waals surface area contributed by atoms with Crippen molar-refractivity contribution in [1.82, 2.24) is 5.32 Å². The van der Waals surface area contributed by atoms with Gasteiger partial charge in [0.2, 0.25) is 0 Å². The van der Waals surface area contributed by atoms with Crippen molar-refractivity contribution in [2.75, 3.05) is 6.54 Å². The molecule has 0 aromatic carbocycles. The van der Waals surface area contributed by atoms with Crippen molar-refractivity contribution in [3.05, 3.63) is 0 Å². The van der Waals surface area contributed by atoms with E-state index in [0.717, 1.165) is 13.0 Å². The van der Waals surface area contributed by atoms with Gasteiger partial charge in [-0.05, 0) is 18.4 Å². The summed E-state index contributed by atoms with van der Waals surface area (Å²) in [5, 5.41) is 12.0. The molecule has 0 fully saturated rings. The van der Waals surface area contributed by atoms with Crippen LogP contribution in [0, 0.1) is 11.8 Å². The summed E-state index contributed by atoms with van der Waals surface area (Å²) in [6.45, 7) is 8.89. The molecule has 2 N–H and O–H groups in total. The standard InChI is InChI=1S/C10H21NO2/c1-5-8(4)9(10(12)13)11-6-7(2)3/h7-9,11H,5-6H2,1-4H3,(H,12,13). The van der Waals surface area contributed by atoms with Crippen LogP contribution in [0.3, 0.4) is 0 Å². The first kappa shape index (κ1) is 12.4. The van der Waals surface area contributed by atoms with Gasteiger partial charge in [-0.25, -0.2) is 0 Å². The second kappa shape index (κ2) is 5.97. The highest BCUT2D eigenvalue weighted by atomic mass is 16.4. The lowest BCUT2D eigenvalue weighted by Gasteiger charge is -2.21. The monoisotopic (exact) mass is 187 g/mol. The SMILES string of the molecule is CCC(C)C(NCC(C)C)C(=O)O. The van der Waals surface area contributed by atoms with Crippen LogP contribution in [0.4, 0.5) is 0 Å². The third-order valence-corrected chi connectivity index (χ3v) is 2.23. The Balaban J connectivity index is 4.02. The lowest BCUT2D eigenvalue weighted by molar-refractivity contribution is -0.140. The van der Waals surface area contributed by atoms with Gasteiger partial charge in [-0.2, -0.15) is 0 Å². The van der Waals surface area contributed by atoms with E-state index in [1.807, 2.05) is 13.8 Å². The maximum Gasteiger partial charge on any atom is 0.320 e. The number of carboxylic acid groups (broad SMARTS) is 1. The minimum atomic E-state index is -0.741. The Morgan fingerprint density at radius 2 is 1.92 bits per heavy atom. The Hall–Kier alpha value is -0.570. The van der Waals surface area contributed by atoms with Crippen LogP contribution in [-0.4, -0.2) is 23.7 Å². The Bertz CT molecular complexity index is 157. The van der Waals surface area contributed by atoms with E-state index >= 15 is 0 Å². The van der Waals surface area contributed by atoms with Gasteiger partial charge in [0.05, 0.1) is 0 Å². The normalized spacial score (nSPS) is 15.8. The summed E-state index contributed by atoms with van der Waals surface area (Å²) >= 11 is 0. The van der Waals surface area contributed by atoms with E-state index in [4.69, 9.17) is 5.11 Å². The third kappa shape index (κ3) is 4.88. The van der Waals surface area contributed by atoms with Gasteiger partial charge in [0.1, 0.15) is 6.04 Å². The van der Waals surface area contributed by atoms with Crippen molar-refractivity contribution < 1.29 is 9.90 Å². The van der Waals surface area contributed by atoms with Gasteiger partial charge in [-0.1, -0.05) is 34.1 Å². The molecule has 2 atom stereocenters. The minimum Gasteiger partial charge on any atom is -0.480 e. The summed E-state index contributed by atoms with van der Waals surface area (Å²) in [5.74, 6) is -0.0582. The van der Waals surface area contributed by atoms with Crippen molar-refractivity contribution >= 4 is 5.97 Å². The fourth-order valence-electron chi connectivity index (χ4n) is 1.13. The van der Waals surface area contributed by atoms with Crippen LogP contribution in [0.15, 0.2) is 0 Å². The second-order valence-electron chi connectivity index (χ2n) is 4.00. The minimum absolute atomic E-state index is 0.191. The predicted molar refractivity (Wildman–Crippen MR) is 53.7 cm³/mol. The highest BCUT2D eigenvalue weighted by Gasteiger charge is 2.22. The van der Waals surface area contributed by atoms with E-state index in [1.165, 1.54) is 0 Å². The molecule has 3 nitrogen and oxygen atoms in total. The first-order valence-corrected chi connectivity index (χ1v) is 4.95. The predicted octanol–water partition coefficient (Wildman–Crippen LogP) is 1.73. The van der Waals surface area contributed by atoms with E-state index in [9.17, 15) is 4.79 Å². The molecule has 0 heterocycles. The van der Waals surface area contributed by atoms with Crippen LogP contribution in [0.5, 0.6) is 0 Å². The number of hydrogen-bond acceptors (Lipinski definition) is 2. The molecule has 0 amide bonds. The Morgan fingerprint density at radius 3 is 2.23 bits per heavy atom. The van der Waals surface area contributed by atoms with Crippen molar-refractivity contribution in [2.24, 2.45) is 11.8 Å². The van der Waals surface area contributed by atoms with Gasteiger partial charge in [-0.3, -0.25) is 4.79 Å². The van der Waals surface area contributed by atoms with Gasteiger partial charge in [0.15, 0.2) is 0 Å². The van der Waals surface area contributed by atoms with Crippen molar-refractivity contribution in [3.63, 3.8) is 0 Å². The smallest absolute Gasteiger partial charge is 0.320 e. The van der Waals surface area contributed by atoms with Gasteiger partial charge < -0.3 is 10.4 Å². The number of hydrogen-bond donors (Lipinski definition) is 2. The summed E-state index contributed by atoms with van der Waals surface area (Å²) in [6.07, 6.45) is 0.891. The largest absolute Gasteiger partial charge is 0.480 e. The van der Waals surface area contributed by atoms with Crippen molar-refractivity contribution in [3.8, 4) is 0 Å². The zero-order valence-corrected chi connectivity index (χ0v) is 9.00. The average Bonchev–Trinajstić information content (AvgIpc) is 2.03. The zero-order chi connectivity index (χ0) is 10.4. The maximum atomic E-state index is 10.8. The first-order chi connectivity index (χ1) is 5.99. The fourth-order valence-corrected chi connectivity index (χ4v) is 1.13. The number of aliphatic carboxylic acids is 1. The average molecular weight is 187 g/mol. The molecule has 3 heteroatoms. The van der Waals surface area contributed by atoms with Crippen LogP contribution in [0.2, 0.25) is 0 Å². The van der Waals surface area contributed by atoms with Crippen LogP contribution in [0.25, 0.3) is 0 Å². The molecular formula is C10H21NO2.